The fourth-order valence-corrected chi connectivity index (χ4v) is 2.61. The van der Waals surface area contributed by atoms with E-state index in [1.807, 2.05) is 12.1 Å². The summed E-state index contributed by atoms with van der Waals surface area (Å²) in [7, 11) is 0. The minimum Gasteiger partial charge on any atom is -0.328 e. The smallest absolute Gasteiger partial charge is 0.0440 e. The van der Waals surface area contributed by atoms with Crippen molar-refractivity contribution in [1.29, 1.82) is 0 Å². The summed E-state index contributed by atoms with van der Waals surface area (Å²) >= 11 is 6.16. The summed E-state index contributed by atoms with van der Waals surface area (Å²) in [5, 5.41) is 0.895. The van der Waals surface area contributed by atoms with Gasteiger partial charge < -0.3 is 5.73 Å². The molecule has 2 N–H and O–H groups in total. The molecule has 0 amide bonds. The molecule has 0 heterocycles. The number of rotatable bonds is 1. The van der Waals surface area contributed by atoms with Gasteiger partial charge in [0.25, 0.3) is 0 Å². The second-order valence-electron chi connectivity index (χ2n) is 4.15. The van der Waals surface area contributed by atoms with E-state index >= 15 is 0 Å². The number of hydrogen-bond acceptors (Lipinski definition) is 1. The molecule has 0 aliphatic heterocycles. The van der Waals surface area contributed by atoms with Crippen LogP contribution in [0.2, 0.25) is 5.02 Å². The first-order valence-electron chi connectivity index (χ1n) is 5.27. The highest BCUT2D eigenvalue weighted by Gasteiger charge is 2.21. The zero-order valence-electron chi connectivity index (χ0n) is 8.25. The van der Waals surface area contributed by atoms with Crippen LogP contribution in [0.1, 0.15) is 37.2 Å². The van der Waals surface area contributed by atoms with Gasteiger partial charge in [0, 0.05) is 11.1 Å². The Balaban J connectivity index is 2.18. The van der Waals surface area contributed by atoms with Crippen molar-refractivity contribution in [3.05, 3.63) is 34.9 Å². The van der Waals surface area contributed by atoms with Crippen LogP contribution < -0.4 is 5.73 Å². The van der Waals surface area contributed by atoms with Gasteiger partial charge in [0.2, 0.25) is 0 Å². The summed E-state index contributed by atoms with van der Waals surface area (Å²) in [5.41, 5.74) is 7.25. The molecule has 0 radical (unpaired) electrons. The third-order valence-electron chi connectivity index (χ3n) is 3.06. The standard InChI is InChI=1S/C12H16ClN/c13-12-7-2-1-6-11(12)9-4-3-5-10(14)8-9/h1-2,6-7,9-10H,3-5,8,14H2. The molecule has 1 aromatic carbocycles. The monoisotopic (exact) mass is 209 g/mol. The van der Waals surface area contributed by atoms with E-state index in [0.717, 1.165) is 11.4 Å². The van der Waals surface area contributed by atoms with Gasteiger partial charge in [0.05, 0.1) is 0 Å². The normalized spacial score (nSPS) is 27.6. The van der Waals surface area contributed by atoms with E-state index in [0.29, 0.717) is 12.0 Å². The molecular formula is C12H16ClN. The maximum absolute atomic E-state index is 6.16. The van der Waals surface area contributed by atoms with Crippen LogP contribution in [0, 0.1) is 0 Å². The number of halogens is 1. The molecule has 1 aliphatic carbocycles. The highest BCUT2D eigenvalue weighted by Crippen LogP contribution is 2.35. The lowest BCUT2D eigenvalue weighted by Gasteiger charge is -2.27. The fraction of sp³-hybridized carbons (Fsp3) is 0.500. The molecule has 0 spiro atoms. The van der Waals surface area contributed by atoms with Crippen LogP contribution in [0.15, 0.2) is 24.3 Å². The molecule has 1 aromatic rings. The van der Waals surface area contributed by atoms with E-state index in [1.54, 1.807) is 0 Å². The lowest BCUT2D eigenvalue weighted by atomic mass is 9.82. The fourth-order valence-electron chi connectivity index (χ4n) is 2.32. The van der Waals surface area contributed by atoms with Gasteiger partial charge in [-0.05, 0) is 36.8 Å². The highest BCUT2D eigenvalue weighted by atomic mass is 35.5. The van der Waals surface area contributed by atoms with E-state index in [9.17, 15) is 0 Å². The summed E-state index contributed by atoms with van der Waals surface area (Å²) < 4.78 is 0. The molecule has 2 rings (SSSR count). The first-order chi connectivity index (χ1) is 6.77. The zero-order valence-corrected chi connectivity index (χ0v) is 9.00. The van der Waals surface area contributed by atoms with Crippen LogP contribution in [0.4, 0.5) is 0 Å². The van der Waals surface area contributed by atoms with Crippen molar-refractivity contribution in [1.82, 2.24) is 0 Å². The Morgan fingerprint density at radius 3 is 2.71 bits per heavy atom. The minimum atomic E-state index is 0.366. The van der Waals surface area contributed by atoms with Gasteiger partial charge in [-0.15, -0.1) is 0 Å². The maximum atomic E-state index is 6.16. The molecule has 0 aromatic heterocycles. The Morgan fingerprint density at radius 1 is 1.21 bits per heavy atom. The summed E-state index contributed by atoms with van der Waals surface area (Å²) in [6.45, 7) is 0. The quantitative estimate of drug-likeness (QED) is 0.755. The van der Waals surface area contributed by atoms with Gasteiger partial charge in [0.15, 0.2) is 0 Å². The van der Waals surface area contributed by atoms with Crippen LogP contribution in [0.5, 0.6) is 0 Å². The molecule has 1 nitrogen and oxygen atoms in total. The van der Waals surface area contributed by atoms with Crippen molar-refractivity contribution in [2.24, 2.45) is 5.73 Å². The number of nitrogens with two attached hydrogens (primary N) is 1. The number of benzene rings is 1. The van der Waals surface area contributed by atoms with Crippen LogP contribution in [0.3, 0.4) is 0 Å². The molecule has 14 heavy (non-hydrogen) atoms. The summed E-state index contributed by atoms with van der Waals surface area (Å²) in [6.07, 6.45) is 4.72. The summed E-state index contributed by atoms with van der Waals surface area (Å²) in [6, 6.07) is 8.50. The minimum absolute atomic E-state index is 0.366. The van der Waals surface area contributed by atoms with Gasteiger partial charge in [-0.1, -0.05) is 36.2 Å². The van der Waals surface area contributed by atoms with E-state index in [1.165, 1.54) is 24.8 Å². The predicted octanol–water partition coefficient (Wildman–Crippen LogP) is 3.32. The highest BCUT2D eigenvalue weighted by molar-refractivity contribution is 6.31. The van der Waals surface area contributed by atoms with Crippen molar-refractivity contribution in [2.75, 3.05) is 0 Å². The van der Waals surface area contributed by atoms with Crippen molar-refractivity contribution in [3.63, 3.8) is 0 Å². The lowest BCUT2D eigenvalue weighted by Crippen LogP contribution is -2.26. The third kappa shape index (κ3) is 2.10. The average Bonchev–Trinajstić information content (AvgIpc) is 2.18. The molecule has 2 heteroatoms. The molecule has 76 valence electrons. The first kappa shape index (κ1) is 10.0. The summed E-state index contributed by atoms with van der Waals surface area (Å²) in [4.78, 5) is 0. The van der Waals surface area contributed by atoms with E-state index in [4.69, 9.17) is 17.3 Å². The van der Waals surface area contributed by atoms with Crippen molar-refractivity contribution < 1.29 is 0 Å². The van der Waals surface area contributed by atoms with Gasteiger partial charge in [0.1, 0.15) is 0 Å². The Hall–Kier alpha value is -0.530. The van der Waals surface area contributed by atoms with Gasteiger partial charge in [-0.2, -0.15) is 0 Å². The van der Waals surface area contributed by atoms with Gasteiger partial charge in [-0.25, -0.2) is 0 Å². The van der Waals surface area contributed by atoms with Crippen molar-refractivity contribution in [3.8, 4) is 0 Å². The van der Waals surface area contributed by atoms with E-state index < -0.39 is 0 Å². The van der Waals surface area contributed by atoms with Crippen LogP contribution >= 0.6 is 11.6 Å². The molecule has 2 atom stereocenters. The third-order valence-corrected chi connectivity index (χ3v) is 3.40. The van der Waals surface area contributed by atoms with Gasteiger partial charge in [-0.3, -0.25) is 0 Å². The topological polar surface area (TPSA) is 26.0 Å². The van der Waals surface area contributed by atoms with Crippen molar-refractivity contribution in [2.45, 2.75) is 37.6 Å². The maximum Gasteiger partial charge on any atom is 0.0440 e. The summed E-state index contributed by atoms with van der Waals surface area (Å²) in [5.74, 6) is 0.576. The first-order valence-corrected chi connectivity index (χ1v) is 5.65. The Kier molecular flexibility index (Phi) is 3.09. The largest absolute Gasteiger partial charge is 0.328 e. The molecule has 2 unspecified atom stereocenters. The van der Waals surface area contributed by atoms with Gasteiger partial charge >= 0.3 is 0 Å². The Labute approximate surface area is 90.3 Å². The van der Waals surface area contributed by atoms with Crippen molar-refractivity contribution >= 4 is 11.6 Å². The Morgan fingerprint density at radius 2 is 2.00 bits per heavy atom. The average molecular weight is 210 g/mol. The van der Waals surface area contributed by atoms with Crippen LogP contribution in [0.25, 0.3) is 0 Å². The van der Waals surface area contributed by atoms with Crippen LogP contribution in [-0.2, 0) is 0 Å². The Bertz CT molecular complexity index is 311. The second kappa shape index (κ2) is 4.33. The second-order valence-corrected chi connectivity index (χ2v) is 4.55. The predicted molar refractivity (Wildman–Crippen MR) is 60.6 cm³/mol. The lowest BCUT2D eigenvalue weighted by molar-refractivity contribution is 0.393. The molecular weight excluding hydrogens is 194 g/mol. The van der Waals surface area contributed by atoms with Crippen LogP contribution in [-0.4, -0.2) is 6.04 Å². The molecule has 0 saturated heterocycles. The molecule has 1 saturated carbocycles. The molecule has 1 aliphatic rings. The SMILES string of the molecule is NC1CCCC(c2ccccc2Cl)C1. The van der Waals surface area contributed by atoms with E-state index in [2.05, 4.69) is 12.1 Å². The molecule has 1 fully saturated rings. The number of hydrogen-bond donors (Lipinski definition) is 1. The van der Waals surface area contributed by atoms with E-state index in [-0.39, 0.29) is 0 Å². The molecule has 0 bridgehead atoms. The zero-order chi connectivity index (χ0) is 9.97.